The third-order valence-corrected chi connectivity index (χ3v) is 3.22. The third-order valence-electron chi connectivity index (χ3n) is 2.84. The molecular formula is C14H13ClO. The molecule has 1 nitrogen and oxygen atoms in total. The molecule has 0 spiro atoms. The van der Waals surface area contributed by atoms with Crippen LogP contribution >= 0.6 is 11.6 Å². The molecule has 0 amide bonds. The van der Waals surface area contributed by atoms with Crippen LogP contribution in [0.2, 0.25) is 5.02 Å². The zero-order valence-electron chi connectivity index (χ0n) is 9.29. The van der Waals surface area contributed by atoms with E-state index in [1.54, 1.807) is 0 Å². The molecule has 0 heterocycles. The van der Waals surface area contributed by atoms with Crippen LogP contribution in [0.3, 0.4) is 0 Å². The van der Waals surface area contributed by atoms with Crippen molar-refractivity contribution in [3.8, 4) is 16.9 Å². The lowest BCUT2D eigenvalue weighted by molar-refractivity contribution is 0.471. The molecule has 2 rings (SSSR count). The molecule has 16 heavy (non-hydrogen) atoms. The quantitative estimate of drug-likeness (QED) is 0.776. The van der Waals surface area contributed by atoms with Crippen LogP contribution in [-0.2, 0) is 0 Å². The number of phenolic OH excluding ortho intramolecular Hbond substituents is 1. The minimum Gasteiger partial charge on any atom is -0.506 e. The van der Waals surface area contributed by atoms with Gasteiger partial charge < -0.3 is 5.11 Å². The van der Waals surface area contributed by atoms with Gasteiger partial charge in [0.15, 0.2) is 0 Å². The van der Waals surface area contributed by atoms with Gasteiger partial charge in [-0.3, -0.25) is 0 Å². The average molecular weight is 233 g/mol. The van der Waals surface area contributed by atoms with Gasteiger partial charge in [0.25, 0.3) is 0 Å². The van der Waals surface area contributed by atoms with E-state index in [2.05, 4.69) is 0 Å². The second-order valence-electron chi connectivity index (χ2n) is 3.89. The molecular weight excluding hydrogens is 220 g/mol. The number of hydrogen-bond acceptors (Lipinski definition) is 1. The molecule has 82 valence electrons. The molecule has 0 fully saturated rings. The lowest BCUT2D eigenvalue weighted by atomic mass is 9.99. The van der Waals surface area contributed by atoms with E-state index in [9.17, 15) is 5.11 Å². The zero-order chi connectivity index (χ0) is 11.7. The van der Waals surface area contributed by atoms with Crippen LogP contribution in [0.4, 0.5) is 0 Å². The minimum atomic E-state index is 0.181. The third kappa shape index (κ3) is 1.79. The second-order valence-corrected chi connectivity index (χ2v) is 4.27. The molecule has 0 saturated carbocycles. The summed E-state index contributed by atoms with van der Waals surface area (Å²) in [6.45, 7) is 3.84. The first-order chi connectivity index (χ1) is 7.61. The topological polar surface area (TPSA) is 20.2 Å². The fourth-order valence-corrected chi connectivity index (χ4v) is 2.00. The maximum atomic E-state index is 9.90. The molecule has 2 aromatic rings. The van der Waals surface area contributed by atoms with Crippen molar-refractivity contribution in [2.24, 2.45) is 0 Å². The van der Waals surface area contributed by atoms with Crippen molar-refractivity contribution in [2.75, 3.05) is 0 Å². The largest absolute Gasteiger partial charge is 0.506 e. The molecule has 0 aliphatic rings. The molecule has 0 atom stereocenters. The van der Waals surface area contributed by atoms with E-state index in [1.165, 1.54) is 0 Å². The molecule has 1 N–H and O–H groups in total. The van der Waals surface area contributed by atoms with Gasteiger partial charge in [-0.1, -0.05) is 41.9 Å². The summed E-state index contributed by atoms with van der Waals surface area (Å²) in [5, 5.41) is 10.3. The fraction of sp³-hybridized carbons (Fsp3) is 0.143. The minimum absolute atomic E-state index is 0.181. The lowest BCUT2D eigenvalue weighted by Gasteiger charge is -2.11. The SMILES string of the molecule is Cc1cc(-c2ccccc2)c(Cl)c(O)c1C. The molecule has 2 heteroatoms. The maximum Gasteiger partial charge on any atom is 0.137 e. The monoisotopic (exact) mass is 232 g/mol. The number of halogens is 1. The van der Waals surface area contributed by atoms with E-state index >= 15 is 0 Å². The highest BCUT2D eigenvalue weighted by atomic mass is 35.5. The first kappa shape index (κ1) is 11.0. The molecule has 0 saturated heterocycles. The highest BCUT2D eigenvalue weighted by Gasteiger charge is 2.12. The van der Waals surface area contributed by atoms with Crippen molar-refractivity contribution in [3.05, 3.63) is 52.5 Å². The first-order valence-electron chi connectivity index (χ1n) is 5.15. The Balaban J connectivity index is 2.68. The Hall–Kier alpha value is -1.47. The van der Waals surface area contributed by atoms with E-state index in [0.29, 0.717) is 5.02 Å². The molecule has 0 aliphatic heterocycles. The van der Waals surface area contributed by atoms with Gasteiger partial charge in [0, 0.05) is 5.56 Å². The van der Waals surface area contributed by atoms with Crippen LogP contribution in [0.15, 0.2) is 36.4 Å². The van der Waals surface area contributed by atoms with Crippen molar-refractivity contribution < 1.29 is 5.11 Å². The maximum absolute atomic E-state index is 9.90. The van der Waals surface area contributed by atoms with E-state index in [-0.39, 0.29) is 5.75 Å². The van der Waals surface area contributed by atoms with Crippen LogP contribution < -0.4 is 0 Å². The summed E-state index contributed by atoms with van der Waals surface area (Å²) < 4.78 is 0. The van der Waals surface area contributed by atoms with Gasteiger partial charge in [-0.25, -0.2) is 0 Å². The van der Waals surface area contributed by atoms with Gasteiger partial charge in [0.1, 0.15) is 5.75 Å². The van der Waals surface area contributed by atoms with Crippen molar-refractivity contribution >= 4 is 11.6 Å². The van der Waals surface area contributed by atoms with Crippen molar-refractivity contribution in [3.63, 3.8) is 0 Å². The summed E-state index contributed by atoms with van der Waals surface area (Å²) in [6.07, 6.45) is 0. The van der Waals surface area contributed by atoms with E-state index < -0.39 is 0 Å². The molecule has 2 aromatic carbocycles. The lowest BCUT2D eigenvalue weighted by Crippen LogP contribution is -1.87. The Morgan fingerprint density at radius 3 is 2.31 bits per heavy atom. The highest BCUT2D eigenvalue weighted by molar-refractivity contribution is 6.35. The summed E-state index contributed by atoms with van der Waals surface area (Å²) in [7, 11) is 0. The van der Waals surface area contributed by atoms with Crippen LogP contribution in [0, 0.1) is 13.8 Å². The van der Waals surface area contributed by atoms with Crippen LogP contribution in [0.1, 0.15) is 11.1 Å². The Kier molecular flexibility index (Phi) is 2.88. The second kappa shape index (κ2) is 4.18. The average Bonchev–Trinajstić information content (AvgIpc) is 2.32. The van der Waals surface area contributed by atoms with Gasteiger partial charge >= 0.3 is 0 Å². The van der Waals surface area contributed by atoms with E-state index in [4.69, 9.17) is 11.6 Å². The fourth-order valence-electron chi connectivity index (χ4n) is 1.69. The van der Waals surface area contributed by atoms with Crippen LogP contribution in [0.5, 0.6) is 5.75 Å². The van der Waals surface area contributed by atoms with Crippen molar-refractivity contribution in [1.29, 1.82) is 0 Å². The zero-order valence-corrected chi connectivity index (χ0v) is 10.0. The Bertz CT molecular complexity index is 518. The van der Waals surface area contributed by atoms with Gasteiger partial charge in [-0.05, 0) is 36.6 Å². The van der Waals surface area contributed by atoms with Gasteiger partial charge in [-0.15, -0.1) is 0 Å². The standard InChI is InChI=1S/C14H13ClO/c1-9-8-12(11-6-4-3-5-7-11)13(15)14(16)10(9)2/h3-8,16H,1-2H3. The Morgan fingerprint density at radius 1 is 1.06 bits per heavy atom. The molecule has 0 unspecified atom stereocenters. The number of aromatic hydroxyl groups is 1. The molecule has 0 bridgehead atoms. The summed E-state index contributed by atoms with van der Waals surface area (Å²) in [5.41, 5.74) is 3.78. The number of phenols is 1. The molecule has 0 aromatic heterocycles. The summed E-state index contributed by atoms with van der Waals surface area (Å²) in [4.78, 5) is 0. The highest BCUT2D eigenvalue weighted by Crippen LogP contribution is 2.38. The normalized spacial score (nSPS) is 10.4. The number of hydrogen-bond donors (Lipinski definition) is 1. The molecule has 0 aliphatic carbocycles. The van der Waals surface area contributed by atoms with E-state index in [1.807, 2.05) is 50.2 Å². The predicted octanol–water partition coefficient (Wildman–Crippen LogP) is 4.33. The van der Waals surface area contributed by atoms with Crippen molar-refractivity contribution in [1.82, 2.24) is 0 Å². The Labute approximate surface area is 100 Å². The summed E-state index contributed by atoms with van der Waals surface area (Å²) in [6, 6.07) is 11.8. The summed E-state index contributed by atoms with van der Waals surface area (Å²) >= 11 is 6.15. The van der Waals surface area contributed by atoms with Crippen LogP contribution in [-0.4, -0.2) is 5.11 Å². The van der Waals surface area contributed by atoms with Gasteiger partial charge in [-0.2, -0.15) is 0 Å². The number of benzene rings is 2. The van der Waals surface area contributed by atoms with Gasteiger partial charge in [0.05, 0.1) is 5.02 Å². The van der Waals surface area contributed by atoms with Crippen LogP contribution in [0.25, 0.3) is 11.1 Å². The Morgan fingerprint density at radius 2 is 1.69 bits per heavy atom. The smallest absolute Gasteiger partial charge is 0.137 e. The molecule has 0 radical (unpaired) electrons. The number of rotatable bonds is 1. The number of aryl methyl sites for hydroxylation is 1. The van der Waals surface area contributed by atoms with Gasteiger partial charge in [0.2, 0.25) is 0 Å². The summed E-state index contributed by atoms with van der Waals surface area (Å²) in [5.74, 6) is 0.181. The van der Waals surface area contributed by atoms with E-state index in [0.717, 1.165) is 22.3 Å². The first-order valence-corrected chi connectivity index (χ1v) is 5.53. The predicted molar refractivity (Wildman–Crippen MR) is 68.0 cm³/mol. The van der Waals surface area contributed by atoms with Crippen molar-refractivity contribution in [2.45, 2.75) is 13.8 Å².